The van der Waals surface area contributed by atoms with Crippen molar-refractivity contribution in [2.45, 2.75) is 6.54 Å². The van der Waals surface area contributed by atoms with Gasteiger partial charge in [0.05, 0.1) is 5.69 Å². The van der Waals surface area contributed by atoms with Crippen LogP contribution in [0, 0.1) is 0 Å². The highest BCUT2D eigenvalue weighted by Gasteiger charge is 1.98. The lowest BCUT2D eigenvalue weighted by atomic mass is 10.2. The van der Waals surface area contributed by atoms with Crippen LogP contribution in [0.2, 0.25) is 0 Å². The predicted molar refractivity (Wildman–Crippen MR) is 53.7 cm³/mol. The molecule has 1 aromatic rings. The Bertz CT molecular complexity index is 240. The lowest BCUT2D eigenvalue weighted by Crippen LogP contribution is -2.01. The van der Waals surface area contributed by atoms with Crippen molar-refractivity contribution in [2.75, 3.05) is 5.73 Å². The molecule has 1 aromatic carbocycles. The summed E-state index contributed by atoms with van der Waals surface area (Å²) in [5.74, 6) is 0. The first-order chi connectivity index (χ1) is 4.75. The first-order valence-electron chi connectivity index (χ1n) is 2.98. The van der Waals surface area contributed by atoms with Gasteiger partial charge in [-0.1, -0.05) is 12.1 Å². The average molecular weight is 238 g/mol. The van der Waals surface area contributed by atoms with Gasteiger partial charge in [-0.15, -0.1) is 12.4 Å². The van der Waals surface area contributed by atoms with Crippen molar-refractivity contribution in [3.8, 4) is 0 Å². The predicted octanol–water partition coefficient (Wildman–Crippen LogP) is 1.91. The van der Waals surface area contributed by atoms with Crippen LogP contribution in [0.25, 0.3) is 0 Å². The zero-order valence-electron chi connectivity index (χ0n) is 5.88. The van der Waals surface area contributed by atoms with Crippen LogP contribution >= 0.6 is 28.3 Å². The molecule has 0 saturated carbocycles. The first-order valence-corrected chi connectivity index (χ1v) is 3.78. The van der Waals surface area contributed by atoms with Crippen molar-refractivity contribution in [1.82, 2.24) is 0 Å². The van der Waals surface area contributed by atoms with Gasteiger partial charge < -0.3 is 11.5 Å². The number of rotatable bonds is 1. The van der Waals surface area contributed by atoms with Gasteiger partial charge in [0.1, 0.15) is 0 Å². The Kier molecular flexibility index (Phi) is 4.49. The van der Waals surface area contributed by atoms with E-state index in [2.05, 4.69) is 15.9 Å². The molecule has 0 atom stereocenters. The van der Waals surface area contributed by atoms with Crippen LogP contribution < -0.4 is 11.5 Å². The maximum atomic E-state index is 5.67. The Balaban J connectivity index is 0.000001000. The minimum Gasteiger partial charge on any atom is -0.398 e. The molecule has 62 valence electrons. The number of hydrogen-bond donors (Lipinski definition) is 2. The summed E-state index contributed by atoms with van der Waals surface area (Å²) in [4.78, 5) is 0. The van der Waals surface area contributed by atoms with Gasteiger partial charge in [0.25, 0.3) is 0 Å². The van der Waals surface area contributed by atoms with Gasteiger partial charge >= 0.3 is 0 Å². The highest BCUT2D eigenvalue weighted by Crippen LogP contribution is 2.21. The van der Waals surface area contributed by atoms with Gasteiger partial charge in [0, 0.05) is 11.0 Å². The van der Waals surface area contributed by atoms with Crippen molar-refractivity contribution in [3.05, 3.63) is 28.2 Å². The number of para-hydroxylation sites is 1. The van der Waals surface area contributed by atoms with Gasteiger partial charge in [0.15, 0.2) is 0 Å². The van der Waals surface area contributed by atoms with Crippen LogP contribution in [0.15, 0.2) is 22.7 Å². The molecular weight excluding hydrogens is 227 g/mol. The largest absolute Gasteiger partial charge is 0.398 e. The lowest BCUT2D eigenvalue weighted by Gasteiger charge is -2.02. The van der Waals surface area contributed by atoms with E-state index in [9.17, 15) is 0 Å². The number of hydrogen-bond acceptors (Lipinski definition) is 2. The summed E-state index contributed by atoms with van der Waals surface area (Å²) in [5.41, 5.74) is 12.8. The van der Waals surface area contributed by atoms with Crippen LogP contribution in [0.3, 0.4) is 0 Å². The molecule has 0 fully saturated rings. The van der Waals surface area contributed by atoms with Crippen LogP contribution in [0.5, 0.6) is 0 Å². The molecule has 0 aliphatic carbocycles. The fourth-order valence-electron chi connectivity index (χ4n) is 0.760. The number of halogens is 2. The summed E-state index contributed by atoms with van der Waals surface area (Å²) in [5, 5.41) is 0. The lowest BCUT2D eigenvalue weighted by molar-refractivity contribution is 1.07. The average Bonchev–Trinajstić information content (AvgIpc) is 1.95. The number of benzene rings is 1. The molecule has 0 spiro atoms. The summed E-state index contributed by atoms with van der Waals surface area (Å²) in [6.45, 7) is 0.491. The minimum absolute atomic E-state index is 0. The van der Waals surface area contributed by atoms with Gasteiger partial charge in [-0.3, -0.25) is 0 Å². The Morgan fingerprint density at radius 2 is 2.00 bits per heavy atom. The summed E-state index contributed by atoms with van der Waals surface area (Å²) >= 11 is 3.31. The molecular formula is C7H10BrClN2. The third-order valence-corrected chi connectivity index (χ3v) is 2.05. The van der Waals surface area contributed by atoms with Crippen molar-refractivity contribution >= 4 is 34.0 Å². The smallest absolute Gasteiger partial charge is 0.0504 e. The van der Waals surface area contributed by atoms with Crippen LogP contribution in [0.1, 0.15) is 5.56 Å². The third kappa shape index (κ3) is 2.36. The van der Waals surface area contributed by atoms with Gasteiger partial charge in [-0.25, -0.2) is 0 Å². The SMILES string of the molecule is Cl.NCc1cccc(Br)c1N. The molecule has 2 nitrogen and oxygen atoms in total. The molecule has 11 heavy (non-hydrogen) atoms. The molecule has 1 rings (SSSR count). The molecule has 0 aliphatic heterocycles. The highest BCUT2D eigenvalue weighted by atomic mass is 79.9. The number of nitrogens with two attached hydrogens (primary N) is 2. The van der Waals surface area contributed by atoms with Gasteiger partial charge in [-0.2, -0.15) is 0 Å². The second-order valence-corrected chi connectivity index (χ2v) is 2.87. The molecule has 0 bridgehead atoms. The molecule has 0 amide bonds. The van der Waals surface area contributed by atoms with E-state index in [1.54, 1.807) is 0 Å². The minimum atomic E-state index is 0. The highest BCUT2D eigenvalue weighted by molar-refractivity contribution is 9.10. The molecule has 0 unspecified atom stereocenters. The van der Waals surface area contributed by atoms with Gasteiger partial charge in [0.2, 0.25) is 0 Å². The standard InChI is InChI=1S/C7H9BrN2.ClH/c8-6-3-1-2-5(4-9)7(6)10;/h1-3H,4,9-10H2;1H. The van der Waals surface area contributed by atoms with Crippen molar-refractivity contribution < 1.29 is 0 Å². The maximum Gasteiger partial charge on any atom is 0.0504 e. The fourth-order valence-corrected chi connectivity index (χ4v) is 1.17. The van der Waals surface area contributed by atoms with E-state index in [1.807, 2.05) is 18.2 Å². The summed E-state index contributed by atoms with van der Waals surface area (Å²) in [6, 6.07) is 5.73. The monoisotopic (exact) mass is 236 g/mol. The zero-order valence-corrected chi connectivity index (χ0v) is 8.28. The molecule has 0 aliphatic rings. The van der Waals surface area contributed by atoms with Crippen LogP contribution in [-0.4, -0.2) is 0 Å². The fraction of sp³-hybridized carbons (Fsp3) is 0.143. The van der Waals surface area contributed by atoms with Gasteiger partial charge in [-0.05, 0) is 27.6 Å². The summed E-state index contributed by atoms with van der Waals surface area (Å²) in [6.07, 6.45) is 0. The Labute approximate surface area is 80.5 Å². The second kappa shape index (κ2) is 4.59. The maximum absolute atomic E-state index is 5.67. The summed E-state index contributed by atoms with van der Waals surface area (Å²) in [7, 11) is 0. The van der Waals surface area contributed by atoms with E-state index in [1.165, 1.54) is 0 Å². The van der Waals surface area contributed by atoms with E-state index in [0.717, 1.165) is 15.7 Å². The Hall–Kier alpha value is -0.250. The molecule has 4 N–H and O–H groups in total. The normalized spacial score (nSPS) is 8.91. The third-order valence-electron chi connectivity index (χ3n) is 1.36. The van der Waals surface area contributed by atoms with Crippen LogP contribution in [-0.2, 0) is 6.54 Å². The Morgan fingerprint density at radius 1 is 1.36 bits per heavy atom. The van der Waals surface area contributed by atoms with Crippen LogP contribution in [0.4, 0.5) is 5.69 Å². The molecule has 0 saturated heterocycles. The Morgan fingerprint density at radius 3 is 2.45 bits per heavy atom. The number of anilines is 1. The summed E-state index contributed by atoms with van der Waals surface area (Å²) < 4.78 is 0.912. The van der Waals surface area contributed by atoms with E-state index in [-0.39, 0.29) is 12.4 Å². The van der Waals surface area contributed by atoms with E-state index in [4.69, 9.17) is 11.5 Å². The second-order valence-electron chi connectivity index (χ2n) is 2.02. The number of nitrogen functional groups attached to an aromatic ring is 1. The molecule has 4 heteroatoms. The molecule has 0 heterocycles. The van der Waals surface area contributed by atoms with E-state index in [0.29, 0.717) is 6.54 Å². The first kappa shape index (κ1) is 10.8. The molecule has 0 radical (unpaired) electrons. The van der Waals surface area contributed by atoms with Crippen molar-refractivity contribution in [2.24, 2.45) is 5.73 Å². The van der Waals surface area contributed by atoms with Crippen molar-refractivity contribution in [3.63, 3.8) is 0 Å². The molecule has 0 aromatic heterocycles. The van der Waals surface area contributed by atoms with Crippen molar-refractivity contribution in [1.29, 1.82) is 0 Å². The van der Waals surface area contributed by atoms with E-state index < -0.39 is 0 Å². The quantitative estimate of drug-likeness (QED) is 0.733. The topological polar surface area (TPSA) is 52.0 Å². The van der Waals surface area contributed by atoms with E-state index >= 15 is 0 Å². The zero-order chi connectivity index (χ0) is 7.56.